The fraction of sp³-hybridized carbons (Fsp3) is 0.765. The molecule has 2 bridgehead atoms. The maximum atomic E-state index is 5.91. The summed E-state index contributed by atoms with van der Waals surface area (Å²) in [4.78, 5) is 13.8. The van der Waals surface area contributed by atoms with Gasteiger partial charge in [-0.3, -0.25) is 4.90 Å². The molecule has 4 heterocycles. The van der Waals surface area contributed by atoms with Crippen LogP contribution in [0.25, 0.3) is 0 Å². The molecule has 2 fully saturated rings. The normalized spacial score (nSPS) is 24.2. The van der Waals surface area contributed by atoms with Crippen LogP contribution in [0.5, 0.6) is 0 Å². The Morgan fingerprint density at radius 3 is 2.88 bits per heavy atom. The number of fused-ring (bicyclic) bond motifs is 3. The van der Waals surface area contributed by atoms with Crippen molar-refractivity contribution in [1.29, 1.82) is 0 Å². The van der Waals surface area contributed by atoms with Crippen molar-refractivity contribution in [3.8, 4) is 0 Å². The summed E-state index contributed by atoms with van der Waals surface area (Å²) in [7, 11) is 0. The first-order valence-corrected chi connectivity index (χ1v) is 9.41. The molecule has 9 nitrogen and oxygen atoms in total. The predicted octanol–water partition coefficient (Wildman–Crippen LogP) is 1.14. The molecule has 2 aromatic rings. The minimum atomic E-state index is 0.207. The summed E-state index contributed by atoms with van der Waals surface area (Å²) in [5.41, 5.74) is 0. The Bertz CT molecular complexity index is 728. The molecule has 2 aromatic heterocycles. The predicted molar refractivity (Wildman–Crippen MR) is 94.8 cm³/mol. The highest BCUT2D eigenvalue weighted by Gasteiger charge is 2.36. The van der Waals surface area contributed by atoms with E-state index in [0.29, 0.717) is 24.4 Å². The van der Waals surface area contributed by atoms with E-state index in [1.54, 1.807) is 6.33 Å². The van der Waals surface area contributed by atoms with E-state index in [1.807, 2.05) is 4.68 Å². The molecule has 2 aliphatic heterocycles. The van der Waals surface area contributed by atoms with Crippen LogP contribution >= 0.6 is 0 Å². The van der Waals surface area contributed by atoms with Crippen LogP contribution in [0, 0.1) is 5.92 Å². The second-order valence-electron chi connectivity index (χ2n) is 7.48. The van der Waals surface area contributed by atoms with Crippen molar-refractivity contribution in [1.82, 2.24) is 29.8 Å². The third-order valence-electron chi connectivity index (χ3n) is 5.09. The molecule has 9 heteroatoms. The van der Waals surface area contributed by atoms with E-state index in [9.17, 15) is 0 Å². The molecular weight excluding hydrogens is 334 g/mol. The first-order valence-electron chi connectivity index (χ1n) is 9.41. The van der Waals surface area contributed by atoms with Gasteiger partial charge in [0.15, 0.2) is 0 Å². The Morgan fingerprint density at radius 2 is 2.12 bits per heavy atom. The lowest BCUT2D eigenvalue weighted by Gasteiger charge is -2.30. The Morgan fingerprint density at radius 1 is 1.23 bits per heavy atom. The standard InChI is InChI=1S/C17H27N7O2/c1-4-24-15(18-11-19-24)8-22-5-13-6-23(14(7-22)10-25-9-13)17-20-16(12(2)3)26-21-17/h11-14H,4-10H2,1-3H3/t13-,14-/m0/s1. The van der Waals surface area contributed by atoms with Crippen LogP contribution in [-0.4, -0.2) is 68.7 Å². The number of hydrogen-bond acceptors (Lipinski definition) is 8. The van der Waals surface area contributed by atoms with Gasteiger partial charge in [-0.05, 0) is 12.1 Å². The zero-order chi connectivity index (χ0) is 18.1. The number of rotatable bonds is 5. The van der Waals surface area contributed by atoms with Crippen LogP contribution in [0.3, 0.4) is 0 Å². The zero-order valence-corrected chi connectivity index (χ0v) is 15.7. The summed E-state index contributed by atoms with van der Waals surface area (Å²) < 4.78 is 13.3. The number of aryl methyl sites for hydroxylation is 1. The van der Waals surface area contributed by atoms with Crippen molar-refractivity contribution in [2.75, 3.05) is 37.7 Å². The summed E-state index contributed by atoms with van der Waals surface area (Å²) in [6.07, 6.45) is 1.64. The van der Waals surface area contributed by atoms with Gasteiger partial charge in [-0.2, -0.15) is 10.1 Å². The van der Waals surface area contributed by atoms with Crippen LogP contribution in [0.15, 0.2) is 10.9 Å². The number of aromatic nitrogens is 5. The molecule has 0 unspecified atom stereocenters. The Labute approximate surface area is 153 Å². The molecule has 0 saturated carbocycles. The van der Waals surface area contributed by atoms with Gasteiger partial charge in [0.1, 0.15) is 12.2 Å². The third kappa shape index (κ3) is 3.45. The highest BCUT2D eigenvalue weighted by atomic mass is 16.5. The van der Waals surface area contributed by atoms with Gasteiger partial charge in [0.05, 0.1) is 25.8 Å². The monoisotopic (exact) mass is 361 g/mol. The first-order chi connectivity index (χ1) is 12.6. The van der Waals surface area contributed by atoms with Gasteiger partial charge in [-0.25, -0.2) is 9.67 Å². The van der Waals surface area contributed by atoms with Gasteiger partial charge < -0.3 is 14.2 Å². The van der Waals surface area contributed by atoms with Crippen molar-refractivity contribution in [2.45, 2.75) is 45.8 Å². The highest BCUT2D eigenvalue weighted by Crippen LogP contribution is 2.25. The van der Waals surface area contributed by atoms with Gasteiger partial charge in [0.25, 0.3) is 5.95 Å². The van der Waals surface area contributed by atoms with Crippen LogP contribution in [0.2, 0.25) is 0 Å². The lowest BCUT2D eigenvalue weighted by atomic mass is 10.1. The molecule has 2 atom stereocenters. The Balaban J connectivity index is 1.53. The number of nitrogens with zero attached hydrogens (tertiary/aromatic N) is 7. The van der Waals surface area contributed by atoms with Crippen LogP contribution < -0.4 is 4.90 Å². The summed E-state index contributed by atoms with van der Waals surface area (Å²) in [5, 5.41) is 8.52. The summed E-state index contributed by atoms with van der Waals surface area (Å²) >= 11 is 0. The molecule has 0 spiro atoms. The van der Waals surface area contributed by atoms with E-state index < -0.39 is 0 Å². The molecule has 0 radical (unpaired) electrons. The lowest BCUT2D eigenvalue weighted by Crippen LogP contribution is -2.44. The summed E-state index contributed by atoms with van der Waals surface area (Å²) in [6.45, 7) is 12.0. The van der Waals surface area contributed by atoms with E-state index in [1.165, 1.54) is 0 Å². The molecule has 2 saturated heterocycles. The van der Waals surface area contributed by atoms with Crippen molar-refractivity contribution >= 4 is 5.95 Å². The molecule has 2 aliphatic rings. The second-order valence-corrected chi connectivity index (χ2v) is 7.48. The van der Waals surface area contributed by atoms with Crippen LogP contribution in [0.1, 0.15) is 38.4 Å². The molecular formula is C17H27N7O2. The summed E-state index contributed by atoms with van der Waals surface area (Å²) in [5.74, 6) is 3.03. The third-order valence-corrected chi connectivity index (χ3v) is 5.09. The van der Waals surface area contributed by atoms with E-state index in [2.05, 4.69) is 50.8 Å². The van der Waals surface area contributed by atoms with Crippen molar-refractivity contribution in [2.24, 2.45) is 5.92 Å². The topological polar surface area (TPSA) is 85.3 Å². The minimum absolute atomic E-state index is 0.207. The quantitative estimate of drug-likeness (QED) is 0.784. The number of ether oxygens (including phenoxy) is 1. The second kappa shape index (κ2) is 7.32. The maximum Gasteiger partial charge on any atom is 0.266 e. The van der Waals surface area contributed by atoms with Crippen molar-refractivity contribution in [3.63, 3.8) is 0 Å². The SMILES string of the molecule is CCn1ncnc1CN1C[C@@H]2COC[C@H](C1)N(c1noc(C(C)C)n1)C2. The van der Waals surface area contributed by atoms with Gasteiger partial charge in [0, 0.05) is 38.0 Å². The van der Waals surface area contributed by atoms with E-state index >= 15 is 0 Å². The first kappa shape index (κ1) is 17.4. The molecule has 0 aliphatic carbocycles. The zero-order valence-electron chi connectivity index (χ0n) is 15.7. The minimum Gasteiger partial charge on any atom is -0.379 e. The summed E-state index contributed by atoms with van der Waals surface area (Å²) in [6, 6.07) is 0.207. The van der Waals surface area contributed by atoms with Gasteiger partial charge in [-0.15, -0.1) is 0 Å². The Hall–Kier alpha value is -2.00. The maximum absolute atomic E-state index is 5.91. The van der Waals surface area contributed by atoms with Gasteiger partial charge in [0.2, 0.25) is 5.89 Å². The van der Waals surface area contributed by atoms with E-state index in [0.717, 1.165) is 45.2 Å². The van der Waals surface area contributed by atoms with E-state index in [-0.39, 0.29) is 12.0 Å². The number of anilines is 1. The average molecular weight is 361 g/mol. The van der Waals surface area contributed by atoms with Crippen LogP contribution in [-0.2, 0) is 17.8 Å². The molecule has 0 aromatic carbocycles. The highest BCUT2D eigenvalue weighted by molar-refractivity contribution is 5.32. The van der Waals surface area contributed by atoms with Gasteiger partial charge in [-0.1, -0.05) is 13.8 Å². The van der Waals surface area contributed by atoms with Gasteiger partial charge >= 0.3 is 0 Å². The molecule has 0 amide bonds. The molecule has 142 valence electrons. The fourth-order valence-electron chi connectivity index (χ4n) is 3.77. The van der Waals surface area contributed by atoms with E-state index in [4.69, 9.17) is 9.26 Å². The smallest absolute Gasteiger partial charge is 0.266 e. The van der Waals surface area contributed by atoms with Crippen molar-refractivity contribution in [3.05, 3.63) is 18.0 Å². The molecule has 4 rings (SSSR count). The average Bonchev–Trinajstić information content (AvgIpc) is 3.18. The molecule has 26 heavy (non-hydrogen) atoms. The Kier molecular flexibility index (Phi) is 4.90. The fourth-order valence-corrected chi connectivity index (χ4v) is 3.77. The number of hydrogen-bond donors (Lipinski definition) is 0. The largest absolute Gasteiger partial charge is 0.379 e. The van der Waals surface area contributed by atoms with Crippen LogP contribution in [0.4, 0.5) is 5.95 Å². The lowest BCUT2D eigenvalue weighted by molar-refractivity contribution is 0.0614. The molecule has 0 N–H and O–H groups in total. The van der Waals surface area contributed by atoms with Crippen molar-refractivity contribution < 1.29 is 9.26 Å².